The first-order valence-corrected chi connectivity index (χ1v) is 5.94. The summed E-state index contributed by atoms with van der Waals surface area (Å²) in [7, 11) is 0.821. The van der Waals surface area contributed by atoms with E-state index in [1.54, 1.807) is 5.32 Å². The summed E-state index contributed by atoms with van der Waals surface area (Å²) in [5, 5.41) is 1.62. The quantitative estimate of drug-likeness (QED) is 0.814. The van der Waals surface area contributed by atoms with Crippen molar-refractivity contribution in [2.45, 2.75) is 51.9 Å². The minimum Gasteiger partial charge on any atom is -0.467 e. The van der Waals surface area contributed by atoms with E-state index in [4.69, 9.17) is 4.74 Å². The smallest absolute Gasteiger partial charge is 0.422 e. The summed E-state index contributed by atoms with van der Waals surface area (Å²) in [6.45, 7) is 6.80. The summed E-state index contributed by atoms with van der Waals surface area (Å²) >= 11 is 0. The first-order valence-electron chi connectivity index (χ1n) is 5.94. The maximum Gasteiger partial charge on any atom is 0.422 e. The molecule has 0 aromatic carbocycles. The van der Waals surface area contributed by atoms with Gasteiger partial charge < -0.3 is 9.47 Å². The predicted molar refractivity (Wildman–Crippen MR) is 65.0 cm³/mol. The Morgan fingerprint density at radius 2 is 1.55 bits per heavy atom. The van der Waals surface area contributed by atoms with E-state index in [9.17, 15) is 22.8 Å². The Hall–Kier alpha value is -1.47. The molecule has 0 radical (unpaired) electrons. The van der Waals surface area contributed by atoms with Gasteiger partial charge in [0, 0.05) is 0 Å². The van der Waals surface area contributed by atoms with E-state index in [0.717, 1.165) is 21.0 Å². The van der Waals surface area contributed by atoms with E-state index in [2.05, 4.69) is 4.74 Å². The van der Waals surface area contributed by atoms with Crippen molar-refractivity contribution in [3.8, 4) is 0 Å². The molecular formula is C12H20F3NO4. The zero-order valence-corrected chi connectivity index (χ0v) is 12.3. The summed E-state index contributed by atoms with van der Waals surface area (Å²) in [6, 6.07) is 0. The Morgan fingerprint density at radius 3 is 1.80 bits per heavy atom. The van der Waals surface area contributed by atoms with Gasteiger partial charge in [-0.05, 0) is 26.7 Å². The summed E-state index contributed by atoms with van der Waals surface area (Å²) in [6.07, 6.45) is -6.36. The fourth-order valence-electron chi connectivity index (χ4n) is 1.57. The van der Waals surface area contributed by atoms with Gasteiger partial charge in [-0.25, -0.2) is 9.59 Å². The van der Waals surface area contributed by atoms with E-state index in [1.807, 2.05) is 0 Å². The second-order valence-electron chi connectivity index (χ2n) is 5.58. The number of rotatable bonds is 3. The largest absolute Gasteiger partial charge is 0.467 e. The zero-order chi connectivity index (χ0) is 16.4. The maximum absolute atomic E-state index is 13.3. The number of amides is 1. The number of esters is 1. The Kier molecular flexibility index (Phi) is 5.45. The molecule has 8 heteroatoms. The molecule has 0 bridgehead atoms. The maximum atomic E-state index is 13.3. The fraction of sp³-hybridized carbons (Fsp3) is 0.833. The van der Waals surface area contributed by atoms with E-state index in [1.165, 1.54) is 20.8 Å². The summed E-state index contributed by atoms with van der Waals surface area (Å²) in [5.41, 5.74) is -4.14. The van der Waals surface area contributed by atoms with E-state index < -0.39 is 35.3 Å². The van der Waals surface area contributed by atoms with Crippen LogP contribution in [0.25, 0.3) is 0 Å². The molecule has 0 rings (SSSR count). The van der Waals surface area contributed by atoms with Crippen LogP contribution in [0.15, 0.2) is 0 Å². The normalized spacial score (nSPS) is 15.5. The lowest BCUT2D eigenvalue weighted by atomic mass is 9.85. The van der Waals surface area contributed by atoms with Crippen LogP contribution in [-0.2, 0) is 14.3 Å². The third kappa shape index (κ3) is 4.01. The number of alkyl carbamates (subject to hydrolysis) is 1. The molecule has 5 nitrogen and oxygen atoms in total. The highest BCUT2D eigenvalue weighted by Gasteiger charge is 2.65. The second-order valence-corrected chi connectivity index (χ2v) is 5.58. The van der Waals surface area contributed by atoms with Gasteiger partial charge in [-0.1, -0.05) is 13.8 Å². The van der Waals surface area contributed by atoms with Crippen LogP contribution < -0.4 is 5.32 Å². The van der Waals surface area contributed by atoms with Gasteiger partial charge in [0.1, 0.15) is 5.60 Å². The number of hydrogen-bond acceptors (Lipinski definition) is 4. The van der Waals surface area contributed by atoms with Crippen LogP contribution in [0.2, 0.25) is 0 Å². The number of nitrogens with one attached hydrogen (secondary N) is 1. The van der Waals surface area contributed by atoms with Crippen LogP contribution in [0, 0.1) is 5.92 Å². The molecular weight excluding hydrogens is 279 g/mol. The SMILES string of the molecule is COC(=O)C(NC(=O)OC(C)(C)C)(C(C)C)C(F)(F)F. The molecule has 0 aliphatic rings. The first-order chi connectivity index (χ1) is 8.78. The van der Waals surface area contributed by atoms with E-state index >= 15 is 0 Å². The third-order valence-corrected chi connectivity index (χ3v) is 2.52. The van der Waals surface area contributed by atoms with Crippen molar-refractivity contribution in [3.05, 3.63) is 0 Å². The van der Waals surface area contributed by atoms with Gasteiger partial charge in [0.05, 0.1) is 7.11 Å². The molecule has 0 fully saturated rings. The molecule has 0 aliphatic carbocycles. The Balaban J connectivity index is 5.55. The number of methoxy groups -OCH3 is 1. The highest BCUT2D eigenvalue weighted by molar-refractivity contribution is 5.87. The molecule has 1 amide bonds. The molecule has 20 heavy (non-hydrogen) atoms. The third-order valence-electron chi connectivity index (χ3n) is 2.52. The molecule has 0 saturated carbocycles. The number of alkyl halides is 3. The van der Waals surface area contributed by atoms with Crippen LogP contribution >= 0.6 is 0 Å². The van der Waals surface area contributed by atoms with Gasteiger partial charge in [-0.3, -0.25) is 5.32 Å². The molecule has 0 spiro atoms. The van der Waals surface area contributed by atoms with Crippen LogP contribution in [0.3, 0.4) is 0 Å². The van der Waals surface area contributed by atoms with Crippen molar-refractivity contribution >= 4 is 12.1 Å². The average molecular weight is 299 g/mol. The lowest BCUT2D eigenvalue weighted by molar-refractivity contribution is -0.220. The van der Waals surface area contributed by atoms with Gasteiger partial charge in [-0.2, -0.15) is 13.2 Å². The molecule has 0 saturated heterocycles. The number of carbonyl (C=O) groups excluding carboxylic acids is 2. The van der Waals surface area contributed by atoms with Gasteiger partial charge in [-0.15, -0.1) is 0 Å². The topological polar surface area (TPSA) is 64.6 Å². The van der Waals surface area contributed by atoms with Crippen LogP contribution in [0.1, 0.15) is 34.6 Å². The fourth-order valence-corrected chi connectivity index (χ4v) is 1.57. The molecule has 0 aliphatic heterocycles. The lowest BCUT2D eigenvalue weighted by Crippen LogP contribution is -2.67. The summed E-state index contributed by atoms with van der Waals surface area (Å²) in [5.74, 6) is -2.87. The number of ether oxygens (including phenoxy) is 2. The van der Waals surface area contributed by atoms with Gasteiger partial charge in [0.25, 0.3) is 0 Å². The second kappa shape index (κ2) is 5.88. The molecule has 1 atom stereocenters. The molecule has 1 unspecified atom stereocenters. The average Bonchev–Trinajstić information content (AvgIpc) is 2.19. The predicted octanol–water partition coefficient (Wildman–Crippen LogP) is 2.64. The van der Waals surface area contributed by atoms with Gasteiger partial charge in [0.15, 0.2) is 0 Å². The van der Waals surface area contributed by atoms with Crippen molar-refractivity contribution in [2.75, 3.05) is 7.11 Å². The highest BCUT2D eigenvalue weighted by Crippen LogP contribution is 2.37. The monoisotopic (exact) mass is 299 g/mol. The van der Waals surface area contributed by atoms with Crippen molar-refractivity contribution in [1.29, 1.82) is 0 Å². The van der Waals surface area contributed by atoms with Gasteiger partial charge in [0.2, 0.25) is 5.54 Å². The van der Waals surface area contributed by atoms with Crippen molar-refractivity contribution in [2.24, 2.45) is 5.92 Å². The minimum absolute atomic E-state index is 0.821. The zero-order valence-electron chi connectivity index (χ0n) is 12.3. The number of hydrogen-bond donors (Lipinski definition) is 1. The van der Waals surface area contributed by atoms with Gasteiger partial charge >= 0.3 is 18.2 Å². The standard InChI is InChI=1S/C12H20F3NO4/c1-7(2)11(8(17)19-6,12(13,14)15)16-9(18)20-10(3,4)5/h7H,1-6H3,(H,16,18). The van der Waals surface area contributed by atoms with Crippen molar-refractivity contribution < 1.29 is 32.2 Å². The van der Waals surface area contributed by atoms with Crippen molar-refractivity contribution in [1.82, 2.24) is 5.32 Å². The molecule has 0 aromatic heterocycles. The Bertz CT molecular complexity index is 374. The summed E-state index contributed by atoms with van der Waals surface area (Å²) in [4.78, 5) is 23.2. The van der Waals surface area contributed by atoms with Crippen LogP contribution in [0.5, 0.6) is 0 Å². The van der Waals surface area contributed by atoms with E-state index in [0.29, 0.717) is 0 Å². The lowest BCUT2D eigenvalue weighted by Gasteiger charge is -2.37. The molecule has 1 N–H and O–H groups in total. The summed E-state index contributed by atoms with van der Waals surface area (Å²) < 4.78 is 48.8. The Labute approximate surface area is 115 Å². The Morgan fingerprint density at radius 1 is 1.10 bits per heavy atom. The molecule has 118 valence electrons. The van der Waals surface area contributed by atoms with Crippen LogP contribution in [0.4, 0.5) is 18.0 Å². The molecule has 0 heterocycles. The molecule has 0 aromatic rings. The minimum atomic E-state index is -5.02. The van der Waals surface area contributed by atoms with E-state index in [-0.39, 0.29) is 0 Å². The number of halogens is 3. The highest BCUT2D eigenvalue weighted by atomic mass is 19.4. The van der Waals surface area contributed by atoms with Crippen molar-refractivity contribution in [3.63, 3.8) is 0 Å². The first kappa shape index (κ1) is 18.5. The van der Waals surface area contributed by atoms with Crippen LogP contribution in [-0.4, -0.2) is 36.5 Å². The number of carbonyl (C=O) groups is 2.